The summed E-state index contributed by atoms with van der Waals surface area (Å²) in [5.41, 5.74) is 3.03. The number of hydrogen-bond acceptors (Lipinski definition) is 3. The molecule has 0 radical (unpaired) electrons. The molecule has 2 aromatic carbocycles. The van der Waals surface area contributed by atoms with E-state index in [4.69, 9.17) is 0 Å². The fourth-order valence-corrected chi connectivity index (χ4v) is 2.47. The normalized spacial score (nSPS) is 13.4. The second-order valence-corrected chi connectivity index (χ2v) is 4.90. The molecule has 0 saturated carbocycles. The SMILES string of the molecule is O=C1c2ccc(O)cc2CN1c1ccc(NCCF)cc1. The van der Waals surface area contributed by atoms with Gasteiger partial charge in [-0.3, -0.25) is 4.79 Å². The van der Waals surface area contributed by atoms with Crippen LogP contribution >= 0.6 is 0 Å². The molecular formula is C16H15FN2O2. The number of aromatic hydroxyl groups is 1. The number of carbonyl (C=O) groups excluding carboxylic acids is 1. The summed E-state index contributed by atoms with van der Waals surface area (Å²) in [6, 6.07) is 12.1. The van der Waals surface area contributed by atoms with Crippen LogP contribution in [0.5, 0.6) is 5.75 Å². The van der Waals surface area contributed by atoms with Gasteiger partial charge in [0, 0.05) is 23.5 Å². The van der Waals surface area contributed by atoms with E-state index < -0.39 is 6.67 Å². The van der Waals surface area contributed by atoms with Crippen LogP contribution in [0.1, 0.15) is 15.9 Å². The van der Waals surface area contributed by atoms with E-state index in [0.29, 0.717) is 12.1 Å². The average Bonchev–Trinajstić information content (AvgIpc) is 2.82. The number of nitrogens with zero attached hydrogens (tertiary/aromatic N) is 1. The first-order valence-electron chi connectivity index (χ1n) is 6.72. The van der Waals surface area contributed by atoms with Gasteiger partial charge >= 0.3 is 0 Å². The Morgan fingerprint density at radius 2 is 1.95 bits per heavy atom. The molecule has 0 bridgehead atoms. The molecule has 2 N–H and O–H groups in total. The number of rotatable bonds is 4. The zero-order valence-corrected chi connectivity index (χ0v) is 11.3. The van der Waals surface area contributed by atoms with Crippen LogP contribution < -0.4 is 10.2 Å². The minimum Gasteiger partial charge on any atom is -0.508 e. The summed E-state index contributed by atoms with van der Waals surface area (Å²) >= 11 is 0. The first-order valence-corrected chi connectivity index (χ1v) is 6.72. The fourth-order valence-electron chi connectivity index (χ4n) is 2.47. The molecule has 0 spiro atoms. The number of halogens is 1. The van der Waals surface area contributed by atoms with Gasteiger partial charge in [0.25, 0.3) is 5.91 Å². The van der Waals surface area contributed by atoms with Crippen LogP contribution in [0.3, 0.4) is 0 Å². The molecule has 2 aromatic rings. The first-order chi connectivity index (χ1) is 10.2. The summed E-state index contributed by atoms with van der Waals surface area (Å²) in [6.07, 6.45) is 0. The zero-order valence-electron chi connectivity index (χ0n) is 11.3. The molecule has 0 aromatic heterocycles. The van der Waals surface area contributed by atoms with Gasteiger partial charge in [0.15, 0.2) is 0 Å². The number of alkyl halides is 1. The molecule has 0 fully saturated rings. The Morgan fingerprint density at radius 3 is 2.67 bits per heavy atom. The lowest BCUT2D eigenvalue weighted by molar-refractivity contribution is 0.0996. The summed E-state index contributed by atoms with van der Waals surface area (Å²) in [4.78, 5) is 14.0. The molecule has 0 aliphatic carbocycles. The standard InChI is InChI=1S/C16H15FN2O2/c17-7-8-18-12-1-3-13(4-2-12)19-10-11-9-14(20)5-6-15(11)16(19)21/h1-6,9,18,20H,7-8,10H2. The number of phenolic OH excluding ortho intramolecular Hbond substituents is 1. The molecular weight excluding hydrogens is 271 g/mol. The van der Waals surface area contributed by atoms with Crippen molar-refractivity contribution in [3.63, 3.8) is 0 Å². The lowest BCUT2D eigenvalue weighted by Crippen LogP contribution is -2.22. The molecule has 3 rings (SSSR count). The van der Waals surface area contributed by atoms with Crippen molar-refractivity contribution >= 4 is 17.3 Å². The highest BCUT2D eigenvalue weighted by atomic mass is 19.1. The number of hydrogen-bond donors (Lipinski definition) is 2. The summed E-state index contributed by atoms with van der Waals surface area (Å²) in [7, 11) is 0. The summed E-state index contributed by atoms with van der Waals surface area (Å²) < 4.78 is 12.1. The van der Waals surface area contributed by atoms with E-state index in [9.17, 15) is 14.3 Å². The van der Waals surface area contributed by atoms with E-state index in [2.05, 4.69) is 5.32 Å². The number of benzene rings is 2. The van der Waals surface area contributed by atoms with Crippen LogP contribution in [-0.4, -0.2) is 24.2 Å². The van der Waals surface area contributed by atoms with Gasteiger partial charge < -0.3 is 15.3 Å². The Hall–Kier alpha value is -2.56. The topological polar surface area (TPSA) is 52.6 Å². The highest BCUT2D eigenvalue weighted by molar-refractivity contribution is 6.10. The van der Waals surface area contributed by atoms with Crippen molar-refractivity contribution in [3.05, 3.63) is 53.6 Å². The number of phenols is 1. The average molecular weight is 286 g/mol. The third-order valence-corrected chi connectivity index (χ3v) is 3.50. The van der Waals surface area contributed by atoms with E-state index in [-0.39, 0.29) is 18.2 Å². The molecule has 4 nitrogen and oxygen atoms in total. The largest absolute Gasteiger partial charge is 0.508 e. The highest BCUT2D eigenvalue weighted by Gasteiger charge is 2.28. The van der Waals surface area contributed by atoms with Gasteiger partial charge in [0.1, 0.15) is 12.4 Å². The quantitative estimate of drug-likeness (QED) is 0.908. The lowest BCUT2D eigenvalue weighted by atomic mass is 10.1. The second kappa shape index (κ2) is 5.44. The number of nitrogens with one attached hydrogen (secondary N) is 1. The minimum atomic E-state index is -0.425. The van der Waals surface area contributed by atoms with Crippen molar-refractivity contribution in [1.29, 1.82) is 0 Å². The van der Waals surface area contributed by atoms with Crippen LogP contribution in [0.15, 0.2) is 42.5 Å². The van der Waals surface area contributed by atoms with E-state index in [1.54, 1.807) is 17.0 Å². The van der Waals surface area contributed by atoms with Crippen molar-refractivity contribution in [2.24, 2.45) is 0 Å². The van der Waals surface area contributed by atoms with Gasteiger partial charge in [-0.2, -0.15) is 0 Å². The fraction of sp³-hybridized carbons (Fsp3) is 0.188. The monoisotopic (exact) mass is 286 g/mol. The third-order valence-electron chi connectivity index (χ3n) is 3.50. The molecule has 1 heterocycles. The number of carbonyl (C=O) groups is 1. The Balaban J connectivity index is 1.81. The van der Waals surface area contributed by atoms with Crippen molar-refractivity contribution < 1.29 is 14.3 Å². The van der Waals surface area contributed by atoms with Crippen LogP contribution in [0, 0.1) is 0 Å². The molecule has 1 aliphatic rings. The highest BCUT2D eigenvalue weighted by Crippen LogP contribution is 2.30. The van der Waals surface area contributed by atoms with E-state index in [1.807, 2.05) is 24.3 Å². The number of fused-ring (bicyclic) bond motifs is 1. The lowest BCUT2D eigenvalue weighted by Gasteiger charge is -2.16. The molecule has 1 amide bonds. The minimum absolute atomic E-state index is 0.0746. The second-order valence-electron chi connectivity index (χ2n) is 4.90. The van der Waals surface area contributed by atoms with Gasteiger partial charge in [-0.15, -0.1) is 0 Å². The molecule has 0 saturated heterocycles. The first kappa shape index (κ1) is 13.4. The molecule has 1 aliphatic heterocycles. The van der Waals surface area contributed by atoms with Gasteiger partial charge in [-0.05, 0) is 48.0 Å². The number of amides is 1. The summed E-state index contributed by atoms with van der Waals surface area (Å²) in [6.45, 7) is 0.289. The van der Waals surface area contributed by atoms with Crippen molar-refractivity contribution in [3.8, 4) is 5.75 Å². The summed E-state index contributed by atoms with van der Waals surface area (Å²) in [5.74, 6) is 0.0867. The van der Waals surface area contributed by atoms with Gasteiger partial charge in [0.05, 0.1) is 6.54 Å². The third kappa shape index (κ3) is 2.54. The molecule has 0 atom stereocenters. The molecule has 0 unspecified atom stereocenters. The van der Waals surface area contributed by atoms with Crippen LogP contribution in [-0.2, 0) is 6.54 Å². The predicted molar refractivity (Wildman–Crippen MR) is 79.5 cm³/mol. The van der Waals surface area contributed by atoms with Crippen LogP contribution in [0.2, 0.25) is 0 Å². The molecule has 21 heavy (non-hydrogen) atoms. The Labute approximate surface area is 121 Å². The summed E-state index contributed by atoms with van der Waals surface area (Å²) in [5, 5.41) is 12.4. The van der Waals surface area contributed by atoms with E-state index in [0.717, 1.165) is 16.9 Å². The maximum absolute atomic E-state index is 12.3. The zero-order chi connectivity index (χ0) is 14.8. The maximum atomic E-state index is 12.3. The Morgan fingerprint density at radius 1 is 1.19 bits per heavy atom. The molecule has 5 heteroatoms. The van der Waals surface area contributed by atoms with Crippen molar-refractivity contribution in [2.45, 2.75) is 6.54 Å². The van der Waals surface area contributed by atoms with Gasteiger partial charge in [0.2, 0.25) is 0 Å². The van der Waals surface area contributed by atoms with Crippen molar-refractivity contribution in [2.75, 3.05) is 23.4 Å². The van der Waals surface area contributed by atoms with Gasteiger partial charge in [-0.1, -0.05) is 0 Å². The number of anilines is 2. The molecule has 108 valence electrons. The van der Waals surface area contributed by atoms with Gasteiger partial charge in [-0.25, -0.2) is 4.39 Å². The predicted octanol–water partition coefficient (Wildman–Crippen LogP) is 2.93. The maximum Gasteiger partial charge on any atom is 0.258 e. The Kier molecular flexibility index (Phi) is 3.48. The van der Waals surface area contributed by atoms with E-state index in [1.165, 1.54) is 6.07 Å². The smallest absolute Gasteiger partial charge is 0.258 e. The van der Waals surface area contributed by atoms with Crippen LogP contribution in [0.4, 0.5) is 15.8 Å². The van der Waals surface area contributed by atoms with E-state index >= 15 is 0 Å². The van der Waals surface area contributed by atoms with Crippen LogP contribution in [0.25, 0.3) is 0 Å². The Bertz CT molecular complexity index is 670. The van der Waals surface area contributed by atoms with Crippen molar-refractivity contribution in [1.82, 2.24) is 0 Å².